The Morgan fingerprint density at radius 2 is 2.06 bits per heavy atom. The fraction of sp³-hybridized carbons (Fsp3) is 0.643. The van der Waals surface area contributed by atoms with Crippen LogP contribution < -0.4 is 10.2 Å². The second-order valence-electron chi connectivity index (χ2n) is 4.64. The van der Waals surface area contributed by atoms with Crippen LogP contribution in [0.15, 0.2) is 18.3 Å². The summed E-state index contributed by atoms with van der Waals surface area (Å²) in [5.74, 6) is 1.09. The molecule has 1 heterocycles. The lowest BCUT2D eigenvalue weighted by Crippen LogP contribution is -2.25. The summed E-state index contributed by atoms with van der Waals surface area (Å²) < 4.78 is 0. The number of hydrogen-bond donors (Lipinski definition) is 1. The van der Waals surface area contributed by atoms with Crippen molar-refractivity contribution >= 4 is 5.82 Å². The lowest BCUT2D eigenvalue weighted by molar-refractivity contribution is 0.588. The van der Waals surface area contributed by atoms with Gasteiger partial charge in [0.1, 0.15) is 5.82 Å². The first-order valence-electron chi connectivity index (χ1n) is 6.60. The minimum Gasteiger partial charge on any atom is -0.357 e. The van der Waals surface area contributed by atoms with Gasteiger partial charge in [-0.2, -0.15) is 0 Å². The van der Waals surface area contributed by atoms with E-state index >= 15 is 0 Å². The molecular formula is C14H25N3. The molecule has 0 aliphatic rings. The van der Waals surface area contributed by atoms with Crippen molar-refractivity contribution in [3.05, 3.63) is 23.9 Å². The molecule has 1 N–H and O–H groups in total. The molecule has 0 saturated carbocycles. The van der Waals surface area contributed by atoms with Crippen molar-refractivity contribution in [3.63, 3.8) is 0 Å². The summed E-state index contributed by atoms with van der Waals surface area (Å²) in [6.45, 7) is 11.7. The van der Waals surface area contributed by atoms with Crippen LogP contribution in [0.5, 0.6) is 0 Å². The number of pyridine rings is 1. The van der Waals surface area contributed by atoms with Gasteiger partial charge in [-0.25, -0.2) is 4.98 Å². The summed E-state index contributed by atoms with van der Waals surface area (Å²) in [5, 5.41) is 3.40. The van der Waals surface area contributed by atoms with Crippen molar-refractivity contribution in [1.29, 1.82) is 0 Å². The topological polar surface area (TPSA) is 28.2 Å². The van der Waals surface area contributed by atoms with Crippen molar-refractivity contribution in [2.75, 3.05) is 18.0 Å². The summed E-state index contributed by atoms with van der Waals surface area (Å²) in [6.07, 6.45) is 3.13. The van der Waals surface area contributed by atoms with Gasteiger partial charge >= 0.3 is 0 Å². The first-order valence-corrected chi connectivity index (χ1v) is 6.60. The van der Waals surface area contributed by atoms with Gasteiger partial charge in [-0.15, -0.1) is 0 Å². The zero-order valence-electron chi connectivity index (χ0n) is 11.5. The smallest absolute Gasteiger partial charge is 0.128 e. The standard InChI is InChI=1S/C14H25N3/c1-5-9-17(6-2)14-8-7-13(11-16-14)10-15-12(3)4/h7-8,11-12,15H,5-6,9-10H2,1-4H3. The fourth-order valence-corrected chi connectivity index (χ4v) is 1.73. The second-order valence-corrected chi connectivity index (χ2v) is 4.64. The Hall–Kier alpha value is -1.09. The summed E-state index contributed by atoms with van der Waals surface area (Å²) in [4.78, 5) is 6.84. The van der Waals surface area contributed by atoms with Gasteiger partial charge in [-0.3, -0.25) is 0 Å². The minimum atomic E-state index is 0.516. The molecule has 3 heteroatoms. The first-order chi connectivity index (χ1) is 8.17. The maximum Gasteiger partial charge on any atom is 0.128 e. The fourth-order valence-electron chi connectivity index (χ4n) is 1.73. The zero-order chi connectivity index (χ0) is 12.7. The molecule has 0 bridgehead atoms. The van der Waals surface area contributed by atoms with Crippen molar-refractivity contribution in [2.45, 2.75) is 46.7 Å². The molecule has 0 spiro atoms. The molecule has 0 amide bonds. The summed E-state index contributed by atoms with van der Waals surface area (Å²) in [7, 11) is 0. The third kappa shape index (κ3) is 4.73. The predicted molar refractivity (Wildman–Crippen MR) is 74.4 cm³/mol. The van der Waals surface area contributed by atoms with Gasteiger partial charge in [0.15, 0.2) is 0 Å². The van der Waals surface area contributed by atoms with Crippen molar-refractivity contribution in [2.24, 2.45) is 0 Å². The SMILES string of the molecule is CCCN(CC)c1ccc(CNC(C)C)cn1. The largest absolute Gasteiger partial charge is 0.357 e. The average molecular weight is 235 g/mol. The maximum atomic E-state index is 4.53. The van der Waals surface area contributed by atoms with Gasteiger partial charge in [0.2, 0.25) is 0 Å². The summed E-state index contributed by atoms with van der Waals surface area (Å²) >= 11 is 0. The zero-order valence-corrected chi connectivity index (χ0v) is 11.5. The third-order valence-electron chi connectivity index (χ3n) is 2.72. The van der Waals surface area contributed by atoms with E-state index in [9.17, 15) is 0 Å². The monoisotopic (exact) mass is 235 g/mol. The Balaban J connectivity index is 2.59. The molecule has 0 fully saturated rings. The molecular weight excluding hydrogens is 210 g/mol. The lowest BCUT2D eigenvalue weighted by atomic mass is 10.2. The van der Waals surface area contributed by atoms with E-state index in [1.807, 2.05) is 6.20 Å². The van der Waals surface area contributed by atoms with Gasteiger partial charge in [-0.05, 0) is 25.0 Å². The van der Waals surface area contributed by atoms with Crippen LogP contribution in [0.25, 0.3) is 0 Å². The van der Waals surface area contributed by atoms with Gasteiger partial charge in [0, 0.05) is 31.9 Å². The van der Waals surface area contributed by atoms with Crippen LogP contribution in [0.2, 0.25) is 0 Å². The highest BCUT2D eigenvalue weighted by molar-refractivity contribution is 5.39. The van der Waals surface area contributed by atoms with E-state index in [-0.39, 0.29) is 0 Å². The van der Waals surface area contributed by atoms with E-state index in [1.54, 1.807) is 0 Å². The maximum absolute atomic E-state index is 4.53. The highest BCUT2D eigenvalue weighted by Crippen LogP contribution is 2.11. The number of hydrogen-bond acceptors (Lipinski definition) is 3. The van der Waals surface area contributed by atoms with Gasteiger partial charge in [-0.1, -0.05) is 26.8 Å². The molecule has 0 aromatic carbocycles. The van der Waals surface area contributed by atoms with E-state index in [0.717, 1.165) is 31.9 Å². The normalized spacial score (nSPS) is 10.9. The van der Waals surface area contributed by atoms with Crippen LogP contribution in [0.3, 0.4) is 0 Å². The Labute approximate surface area is 105 Å². The van der Waals surface area contributed by atoms with Crippen LogP contribution in [0.1, 0.15) is 39.7 Å². The number of aromatic nitrogens is 1. The number of rotatable bonds is 7. The summed E-state index contributed by atoms with van der Waals surface area (Å²) in [6, 6.07) is 4.80. The Morgan fingerprint density at radius 1 is 1.29 bits per heavy atom. The third-order valence-corrected chi connectivity index (χ3v) is 2.72. The minimum absolute atomic E-state index is 0.516. The quantitative estimate of drug-likeness (QED) is 0.787. The molecule has 0 aliphatic carbocycles. The van der Waals surface area contributed by atoms with E-state index < -0.39 is 0 Å². The second kappa shape index (κ2) is 7.28. The van der Waals surface area contributed by atoms with Gasteiger partial charge in [0.25, 0.3) is 0 Å². The van der Waals surface area contributed by atoms with E-state index in [0.29, 0.717) is 6.04 Å². The Morgan fingerprint density at radius 3 is 2.53 bits per heavy atom. The highest BCUT2D eigenvalue weighted by atomic mass is 15.2. The summed E-state index contributed by atoms with van der Waals surface area (Å²) in [5.41, 5.74) is 1.25. The van der Waals surface area contributed by atoms with E-state index in [2.05, 4.69) is 55.0 Å². The lowest BCUT2D eigenvalue weighted by Gasteiger charge is -2.21. The van der Waals surface area contributed by atoms with Crippen LogP contribution in [0.4, 0.5) is 5.82 Å². The molecule has 17 heavy (non-hydrogen) atoms. The van der Waals surface area contributed by atoms with Gasteiger partial charge in [0.05, 0.1) is 0 Å². The van der Waals surface area contributed by atoms with Gasteiger partial charge < -0.3 is 10.2 Å². The number of nitrogens with zero attached hydrogens (tertiary/aromatic N) is 2. The van der Waals surface area contributed by atoms with Crippen LogP contribution in [-0.4, -0.2) is 24.1 Å². The molecule has 1 rings (SSSR count). The highest BCUT2D eigenvalue weighted by Gasteiger charge is 2.04. The molecule has 96 valence electrons. The van der Waals surface area contributed by atoms with Crippen LogP contribution >= 0.6 is 0 Å². The van der Waals surface area contributed by atoms with Crippen LogP contribution in [-0.2, 0) is 6.54 Å². The Kier molecular flexibility index (Phi) is 5.98. The van der Waals surface area contributed by atoms with Crippen molar-refractivity contribution < 1.29 is 0 Å². The molecule has 0 aliphatic heterocycles. The first kappa shape index (κ1) is 14.0. The van der Waals surface area contributed by atoms with Crippen molar-refractivity contribution in [3.8, 4) is 0 Å². The molecule has 0 atom stereocenters. The number of nitrogens with one attached hydrogen (secondary N) is 1. The molecule has 3 nitrogen and oxygen atoms in total. The molecule has 1 aromatic heterocycles. The Bertz CT molecular complexity index is 306. The molecule has 0 saturated heterocycles. The van der Waals surface area contributed by atoms with Crippen LogP contribution in [0, 0.1) is 0 Å². The number of anilines is 1. The predicted octanol–water partition coefficient (Wildman–Crippen LogP) is 2.82. The molecule has 0 radical (unpaired) electrons. The van der Waals surface area contributed by atoms with E-state index in [4.69, 9.17) is 0 Å². The molecule has 0 unspecified atom stereocenters. The average Bonchev–Trinajstić information content (AvgIpc) is 2.34. The van der Waals surface area contributed by atoms with E-state index in [1.165, 1.54) is 5.56 Å². The molecule has 1 aromatic rings. The van der Waals surface area contributed by atoms with Crippen molar-refractivity contribution in [1.82, 2.24) is 10.3 Å².